The number of nitrogens with zero attached hydrogens (tertiary/aromatic N) is 2. The fourth-order valence-electron chi connectivity index (χ4n) is 3.25. The molecule has 0 saturated carbocycles. The van der Waals surface area contributed by atoms with Crippen LogP contribution in [0.3, 0.4) is 0 Å². The van der Waals surface area contributed by atoms with E-state index in [2.05, 4.69) is 44.9 Å². The molecule has 8 heteroatoms. The highest BCUT2D eigenvalue weighted by Gasteiger charge is 2.22. The Balaban J connectivity index is 0.00000450. The van der Waals surface area contributed by atoms with Crippen LogP contribution >= 0.6 is 24.0 Å². The molecule has 0 aliphatic carbocycles. The normalized spacial score (nSPS) is 17.0. The van der Waals surface area contributed by atoms with E-state index in [9.17, 15) is 4.79 Å². The summed E-state index contributed by atoms with van der Waals surface area (Å²) < 4.78 is 5.36. The van der Waals surface area contributed by atoms with E-state index in [0.29, 0.717) is 19.1 Å². The van der Waals surface area contributed by atoms with Gasteiger partial charge in [0.15, 0.2) is 5.96 Å². The monoisotopic (exact) mass is 531 g/mol. The van der Waals surface area contributed by atoms with Gasteiger partial charge in [0.25, 0.3) is 0 Å². The number of guanidine groups is 1. The van der Waals surface area contributed by atoms with Crippen molar-refractivity contribution in [1.82, 2.24) is 16.0 Å². The molecule has 30 heavy (non-hydrogen) atoms. The number of piperidine rings is 1. The zero-order valence-corrected chi connectivity index (χ0v) is 21.3. The first-order chi connectivity index (χ1) is 13.8. The lowest BCUT2D eigenvalue weighted by molar-refractivity contribution is -0.128. The molecular weight excluding hydrogens is 493 g/mol. The van der Waals surface area contributed by atoms with Crippen LogP contribution in [-0.2, 0) is 4.79 Å². The number of anilines is 1. The molecule has 3 N–H and O–H groups in total. The lowest BCUT2D eigenvalue weighted by atomic mass is 9.96. The van der Waals surface area contributed by atoms with Crippen LogP contribution in [0.25, 0.3) is 0 Å². The molecule has 1 fully saturated rings. The third-order valence-electron chi connectivity index (χ3n) is 4.87. The van der Waals surface area contributed by atoms with E-state index >= 15 is 0 Å². The number of rotatable bonds is 7. The number of hydrogen-bond donors (Lipinski definition) is 3. The number of aliphatic imine (C=N–C) groups is 1. The summed E-state index contributed by atoms with van der Waals surface area (Å²) in [4.78, 5) is 19.0. The van der Waals surface area contributed by atoms with E-state index in [1.54, 1.807) is 7.11 Å². The van der Waals surface area contributed by atoms with E-state index < -0.39 is 0 Å². The highest BCUT2D eigenvalue weighted by atomic mass is 127. The second-order valence-electron chi connectivity index (χ2n) is 8.40. The zero-order valence-electron chi connectivity index (χ0n) is 19.0. The molecule has 2 rings (SSSR count). The minimum absolute atomic E-state index is 0. The number of ether oxygens (including phenoxy) is 1. The Morgan fingerprint density at radius 2 is 2.07 bits per heavy atom. The maximum Gasteiger partial charge on any atom is 0.225 e. The highest BCUT2D eigenvalue weighted by molar-refractivity contribution is 14.0. The van der Waals surface area contributed by atoms with Gasteiger partial charge in [-0.3, -0.25) is 9.79 Å². The predicted octanol–water partition coefficient (Wildman–Crippen LogP) is 3.00. The number of carbonyl (C=O) groups excluding carboxylic acids is 1. The minimum atomic E-state index is -0.377. The van der Waals surface area contributed by atoms with Gasteiger partial charge in [-0.1, -0.05) is 26.8 Å². The van der Waals surface area contributed by atoms with Crippen molar-refractivity contribution in [2.24, 2.45) is 10.4 Å². The Bertz CT molecular complexity index is 690. The molecule has 1 unspecified atom stereocenters. The summed E-state index contributed by atoms with van der Waals surface area (Å²) in [5.41, 5.74) is 0.806. The largest absolute Gasteiger partial charge is 0.497 e. The van der Waals surface area contributed by atoms with Gasteiger partial charge in [0.1, 0.15) is 5.75 Å². The molecule has 1 saturated heterocycles. The molecule has 0 radical (unpaired) electrons. The van der Waals surface area contributed by atoms with Crippen molar-refractivity contribution < 1.29 is 9.53 Å². The van der Waals surface area contributed by atoms with E-state index in [1.807, 2.05) is 32.9 Å². The average molecular weight is 531 g/mol. The van der Waals surface area contributed by atoms with E-state index in [0.717, 1.165) is 44.2 Å². The summed E-state index contributed by atoms with van der Waals surface area (Å²) in [6, 6.07) is 8.53. The van der Waals surface area contributed by atoms with E-state index in [4.69, 9.17) is 4.74 Å². The number of benzene rings is 1. The highest BCUT2D eigenvalue weighted by Crippen LogP contribution is 2.24. The lowest BCUT2D eigenvalue weighted by Crippen LogP contribution is -2.51. The first kappa shape index (κ1) is 26.3. The molecule has 1 heterocycles. The summed E-state index contributed by atoms with van der Waals surface area (Å²) in [5.74, 6) is 1.73. The summed E-state index contributed by atoms with van der Waals surface area (Å²) in [7, 11) is 1.70. The molecule has 1 aromatic rings. The van der Waals surface area contributed by atoms with Crippen LogP contribution in [0.5, 0.6) is 5.75 Å². The van der Waals surface area contributed by atoms with Gasteiger partial charge in [0.2, 0.25) is 5.91 Å². The first-order valence-electron chi connectivity index (χ1n) is 10.6. The standard InChI is InChI=1S/C22H37N5O2.HI/c1-6-23-21(25-13-12-24-20(28)22(2,3)4)26-17-9-8-14-27(16-17)18-10-7-11-19(15-18)29-5;/h7,10-11,15,17H,6,8-9,12-14,16H2,1-5H3,(H,24,28)(H2,23,25,26);1H. The van der Waals surface area contributed by atoms with Gasteiger partial charge in [0, 0.05) is 49.4 Å². The quantitative estimate of drug-likeness (QED) is 0.218. The third kappa shape index (κ3) is 8.57. The predicted molar refractivity (Wildman–Crippen MR) is 135 cm³/mol. The van der Waals surface area contributed by atoms with Crippen molar-refractivity contribution in [3.8, 4) is 5.75 Å². The molecule has 1 aliphatic heterocycles. The van der Waals surface area contributed by atoms with Gasteiger partial charge in [-0.05, 0) is 31.9 Å². The fourth-order valence-corrected chi connectivity index (χ4v) is 3.25. The number of halogens is 1. The smallest absolute Gasteiger partial charge is 0.225 e. The Labute approximate surface area is 198 Å². The van der Waals surface area contributed by atoms with Gasteiger partial charge in [-0.15, -0.1) is 24.0 Å². The molecule has 1 amide bonds. The zero-order chi connectivity index (χ0) is 21.3. The Hall–Kier alpha value is -1.71. The van der Waals surface area contributed by atoms with Crippen molar-refractivity contribution in [3.63, 3.8) is 0 Å². The van der Waals surface area contributed by atoms with Crippen LogP contribution in [-0.4, -0.2) is 57.7 Å². The number of carbonyl (C=O) groups is 1. The van der Waals surface area contributed by atoms with E-state index in [1.165, 1.54) is 5.69 Å². The Morgan fingerprint density at radius 1 is 1.30 bits per heavy atom. The number of hydrogen-bond acceptors (Lipinski definition) is 4. The fraction of sp³-hybridized carbons (Fsp3) is 0.636. The molecule has 0 bridgehead atoms. The summed E-state index contributed by atoms with van der Waals surface area (Å²) >= 11 is 0. The first-order valence-corrected chi connectivity index (χ1v) is 10.6. The number of methoxy groups -OCH3 is 1. The van der Waals surface area contributed by atoms with Crippen LogP contribution in [0.4, 0.5) is 5.69 Å². The second-order valence-corrected chi connectivity index (χ2v) is 8.40. The molecule has 1 aromatic carbocycles. The van der Waals surface area contributed by atoms with Crippen LogP contribution in [0.1, 0.15) is 40.5 Å². The number of amides is 1. The SMILES string of the molecule is CCNC(=NCCNC(=O)C(C)(C)C)NC1CCCN(c2cccc(OC)c2)C1.I. The van der Waals surface area contributed by atoms with Crippen molar-refractivity contribution >= 4 is 41.5 Å². The average Bonchev–Trinajstić information content (AvgIpc) is 2.70. The summed E-state index contributed by atoms with van der Waals surface area (Å²) in [5, 5.41) is 9.81. The van der Waals surface area contributed by atoms with Crippen LogP contribution in [0.2, 0.25) is 0 Å². The molecule has 0 spiro atoms. The molecule has 170 valence electrons. The maximum atomic E-state index is 12.0. The van der Waals surface area contributed by atoms with Gasteiger partial charge in [-0.2, -0.15) is 0 Å². The minimum Gasteiger partial charge on any atom is -0.497 e. The van der Waals surface area contributed by atoms with Crippen molar-refractivity contribution in [3.05, 3.63) is 24.3 Å². The van der Waals surface area contributed by atoms with Gasteiger partial charge in [-0.25, -0.2) is 0 Å². The topological polar surface area (TPSA) is 78.0 Å². The third-order valence-corrected chi connectivity index (χ3v) is 4.87. The van der Waals surface area contributed by atoms with Crippen molar-refractivity contribution in [2.75, 3.05) is 44.7 Å². The molecule has 0 aromatic heterocycles. The Kier molecular flexibility index (Phi) is 11.3. The molecule has 7 nitrogen and oxygen atoms in total. The molecule has 1 atom stereocenters. The maximum absolute atomic E-state index is 12.0. The summed E-state index contributed by atoms with van der Waals surface area (Å²) in [6.07, 6.45) is 2.22. The van der Waals surface area contributed by atoms with Crippen LogP contribution in [0, 0.1) is 5.41 Å². The molecule has 1 aliphatic rings. The van der Waals surface area contributed by atoms with Gasteiger partial charge >= 0.3 is 0 Å². The lowest BCUT2D eigenvalue weighted by Gasteiger charge is -2.35. The van der Waals surface area contributed by atoms with Gasteiger partial charge in [0.05, 0.1) is 13.7 Å². The molecular formula is C22H38IN5O2. The van der Waals surface area contributed by atoms with Crippen LogP contribution in [0.15, 0.2) is 29.3 Å². The number of nitrogens with one attached hydrogen (secondary N) is 3. The Morgan fingerprint density at radius 3 is 2.73 bits per heavy atom. The van der Waals surface area contributed by atoms with Crippen molar-refractivity contribution in [2.45, 2.75) is 46.6 Å². The van der Waals surface area contributed by atoms with Crippen molar-refractivity contribution in [1.29, 1.82) is 0 Å². The van der Waals surface area contributed by atoms with E-state index in [-0.39, 0.29) is 35.3 Å². The van der Waals surface area contributed by atoms with Crippen LogP contribution < -0.4 is 25.6 Å². The summed E-state index contributed by atoms with van der Waals surface area (Å²) in [6.45, 7) is 11.6. The second kappa shape index (κ2) is 12.9. The van der Waals surface area contributed by atoms with Gasteiger partial charge < -0.3 is 25.6 Å².